The largest absolute Gasteiger partial charge is 0.358 e. The van der Waals surface area contributed by atoms with Crippen LogP contribution in [-0.4, -0.2) is 31.8 Å². The number of fused-ring (bicyclic) bond motifs is 1. The zero-order valence-corrected chi connectivity index (χ0v) is 15.9. The molecule has 7 nitrogen and oxygen atoms in total. The number of nitrogens with zero attached hydrogens (tertiary/aromatic N) is 3. The van der Waals surface area contributed by atoms with Gasteiger partial charge in [0.1, 0.15) is 0 Å². The topological polar surface area (TPSA) is 93.8 Å². The summed E-state index contributed by atoms with van der Waals surface area (Å²) in [6, 6.07) is 19.0. The van der Waals surface area contributed by atoms with E-state index in [1.165, 1.54) is 0 Å². The van der Waals surface area contributed by atoms with Crippen LogP contribution in [0.1, 0.15) is 29.2 Å². The summed E-state index contributed by atoms with van der Waals surface area (Å²) in [5, 5.41) is 12.3. The predicted octanol–water partition coefficient (Wildman–Crippen LogP) is 4.23. The first-order valence-corrected chi connectivity index (χ1v) is 9.37. The maximum atomic E-state index is 13.3. The Hall–Kier alpha value is -3.74. The van der Waals surface area contributed by atoms with Crippen molar-refractivity contribution in [3.63, 3.8) is 0 Å². The van der Waals surface area contributed by atoms with Crippen molar-refractivity contribution < 1.29 is 9.72 Å². The van der Waals surface area contributed by atoms with E-state index < -0.39 is 11.8 Å². The number of carbonyl (C=O) groups excluding carboxylic acids is 1. The first-order chi connectivity index (χ1) is 14.0. The van der Waals surface area contributed by atoms with E-state index in [9.17, 15) is 14.9 Å². The number of ketones is 1. The Morgan fingerprint density at radius 3 is 2.62 bits per heavy atom. The summed E-state index contributed by atoms with van der Waals surface area (Å²) in [5.74, 6) is -1.18. The van der Waals surface area contributed by atoms with Crippen LogP contribution >= 0.6 is 0 Å². The third-order valence-electron chi connectivity index (χ3n) is 5.21. The number of Topliss-reactive ketones (excluding diaryl/α,β-unsaturated/α-hetero) is 1. The lowest BCUT2D eigenvalue weighted by Crippen LogP contribution is -2.27. The molecule has 7 heteroatoms. The number of rotatable bonds is 7. The SMILES string of the molecule is C[C@H](C(=O)c1nccn1-c1ccccc1)[C@@H](C[N+](=O)[O-])c1cc2ccccc2[nH]1. The lowest BCUT2D eigenvalue weighted by molar-refractivity contribution is -0.484. The normalized spacial score (nSPS) is 13.3. The monoisotopic (exact) mass is 388 g/mol. The molecule has 2 heterocycles. The number of hydrogen-bond donors (Lipinski definition) is 1. The van der Waals surface area contributed by atoms with Gasteiger partial charge in [0.15, 0.2) is 5.82 Å². The molecule has 0 fully saturated rings. The molecule has 0 bridgehead atoms. The summed E-state index contributed by atoms with van der Waals surface area (Å²) < 4.78 is 1.72. The summed E-state index contributed by atoms with van der Waals surface area (Å²) in [4.78, 5) is 31.8. The average molecular weight is 388 g/mol. The molecular formula is C22H20N4O3. The number of imidazole rings is 1. The van der Waals surface area contributed by atoms with Gasteiger partial charge in [-0.1, -0.05) is 43.3 Å². The fraction of sp³-hybridized carbons (Fsp3) is 0.182. The number of nitro groups is 1. The second kappa shape index (κ2) is 7.71. The van der Waals surface area contributed by atoms with Crippen LogP contribution in [0.25, 0.3) is 16.6 Å². The van der Waals surface area contributed by atoms with E-state index >= 15 is 0 Å². The highest BCUT2D eigenvalue weighted by Gasteiger charge is 2.33. The minimum absolute atomic E-state index is 0.232. The molecule has 1 N–H and O–H groups in total. The van der Waals surface area contributed by atoms with Crippen LogP contribution < -0.4 is 0 Å². The molecule has 0 aliphatic carbocycles. The van der Waals surface area contributed by atoms with Crippen molar-refractivity contribution in [1.82, 2.24) is 14.5 Å². The summed E-state index contributed by atoms with van der Waals surface area (Å²) >= 11 is 0. The van der Waals surface area contributed by atoms with Crippen LogP contribution in [0.3, 0.4) is 0 Å². The molecule has 0 radical (unpaired) electrons. The Morgan fingerprint density at radius 1 is 1.17 bits per heavy atom. The Balaban J connectivity index is 1.70. The molecule has 0 unspecified atom stereocenters. The number of benzene rings is 2. The first kappa shape index (κ1) is 18.6. The second-order valence-corrected chi connectivity index (χ2v) is 7.04. The van der Waals surface area contributed by atoms with Crippen LogP contribution in [0, 0.1) is 16.0 Å². The van der Waals surface area contributed by atoms with Gasteiger partial charge in [0.25, 0.3) is 0 Å². The summed E-state index contributed by atoms with van der Waals surface area (Å²) in [6.07, 6.45) is 3.29. The van der Waals surface area contributed by atoms with Gasteiger partial charge in [0.05, 0.1) is 5.92 Å². The highest BCUT2D eigenvalue weighted by molar-refractivity contribution is 5.96. The van der Waals surface area contributed by atoms with E-state index in [4.69, 9.17) is 0 Å². The van der Waals surface area contributed by atoms with Gasteiger partial charge in [-0.05, 0) is 29.7 Å². The second-order valence-electron chi connectivity index (χ2n) is 7.04. The molecule has 0 saturated carbocycles. The first-order valence-electron chi connectivity index (χ1n) is 9.37. The Labute approximate surface area is 167 Å². The number of carbonyl (C=O) groups is 1. The lowest BCUT2D eigenvalue weighted by atomic mass is 9.87. The van der Waals surface area contributed by atoms with Crippen LogP contribution in [0.4, 0.5) is 0 Å². The Kier molecular flexibility index (Phi) is 4.95. The van der Waals surface area contributed by atoms with E-state index in [-0.39, 0.29) is 23.1 Å². The van der Waals surface area contributed by atoms with Crippen LogP contribution in [-0.2, 0) is 0 Å². The molecule has 0 aliphatic heterocycles. The molecule has 29 heavy (non-hydrogen) atoms. The Bertz CT molecular complexity index is 1130. The van der Waals surface area contributed by atoms with E-state index in [1.807, 2.05) is 60.7 Å². The molecule has 0 aliphatic rings. The maximum Gasteiger partial charge on any atom is 0.212 e. The van der Waals surface area contributed by atoms with Gasteiger partial charge in [0, 0.05) is 40.1 Å². The van der Waals surface area contributed by atoms with Crippen molar-refractivity contribution in [3.8, 4) is 5.69 Å². The number of nitrogens with one attached hydrogen (secondary N) is 1. The molecule has 4 aromatic rings. The van der Waals surface area contributed by atoms with Crippen molar-refractivity contribution >= 4 is 16.7 Å². The number of aromatic nitrogens is 3. The van der Waals surface area contributed by atoms with Gasteiger partial charge in [0.2, 0.25) is 12.3 Å². The van der Waals surface area contributed by atoms with Crippen LogP contribution in [0.15, 0.2) is 73.1 Å². The Morgan fingerprint density at radius 2 is 1.90 bits per heavy atom. The number of hydrogen-bond acceptors (Lipinski definition) is 4. The quantitative estimate of drug-likeness (QED) is 0.291. The molecule has 2 aromatic carbocycles. The van der Waals surface area contributed by atoms with Gasteiger partial charge in [-0.3, -0.25) is 19.5 Å². The molecular weight excluding hydrogens is 368 g/mol. The number of aromatic amines is 1. The van der Waals surface area contributed by atoms with Crippen molar-refractivity contribution in [1.29, 1.82) is 0 Å². The average Bonchev–Trinajstić information content (AvgIpc) is 3.38. The zero-order chi connectivity index (χ0) is 20.4. The third-order valence-corrected chi connectivity index (χ3v) is 5.21. The fourth-order valence-electron chi connectivity index (χ4n) is 3.65. The molecule has 2 aromatic heterocycles. The third kappa shape index (κ3) is 3.67. The zero-order valence-electron chi connectivity index (χ0n) is 15.9. The van der Waals surface area contributed by atoms with Crippen molar-refractivity contribution in [2.45, 2.75) is 12.8 Å². The molecule has 0 amide bonds. The smallest absolute Gasteiger partial charge is 0.212 e. The minimum atomic E-state index is -0.627. The van der Waals surface area contributed by atoms with Crippen molar-refractivity contribution in [2.75, 3.05) is 6.54 Å². The van der Waals surface area contributed by atoms with Gasteiger partial charge in [-0.25, -0.2) is 4.98 Å². The molecule has 4 rings (SSSR count). The van der Waals surface area contributed by atoms with Gasteiger partial charge >= 0.3 is 0 Å². The van der Waals surface area contributed by atoms with Gasteiger partial charge in [-0.2, -0.15) is 0 Å². The highest BCUT2D eigenvalue weighted by atomic mass is 16.6. The standard InChI is InChI=1S/C22H20N4O3/c1-15(21(27)22-23-11-12-25(22)17-8-3-2-4-9-17)18(14-26(28)29)20-13-16-7-5-6-10-19(16)24-20/h2-13,15,18,24H,14H2,1H3/t15-,18+/m0/s1. The number of H-pyrrole nitrogens is 1. The van der Waals surface area contributed by atoms with E-state index in [0.29, 0.717) is 5.69 Å². The maximum absolute atomic E-state index is 13.3. The summed E-state index contributed by atoms with van der Waals surface area (Å²) in [5.41, 5.74) is 2.39. The minimum Gasteiger partial charge on any atom is -0.358 e. The van der Waals surface area contributed by atoms with Crippen LogP contribution in [0.2, 0.25) is 0 Å². The molecule has 2 atom stereocenters. The molecule has 0 saturated heterocycles. The fourth-order valence-corrected chi connectivity index (χ4v) is 3.65. The van der Waals surface area contributed by atoms with E-state index in [2.05, 4.69) is 9.97 Å². The number of para-hydroxylation sites is 2. The van der Waals surface area contributed by atoms with E-state index in [1.54, 1.807) is 23.9 Å². The lowest BCUT2D eigenvalue weighted by Gasteiger charge is -2.19. The predicted molar refractivity (Wildman–Crippen MR) is 110 cm³/mol. The van der Waals surface area contributed by atoms with Gasteiger partial charge < -0.3 is 4.98 Å². The molecule has 146 valence electrons. The van der Waals surface area contributed by atoms with Gasteiger partial charge in [-0.15, -0.1) is 0 Å². The summed E-state index contributed by atoms with van der Waals surface area (Å²) in [7, 11) is 0. The van der Waals surface area contributed by atoms with Crippen LogP contribution in [0.5, 0.6) is 0 Å². The summed E-state index contributed by atoms with van der Waals surface area (Å²) in [6.45, 7) is 1.39. The molecule has 0 spiro atoms. The van der Waals surface area contributed by atoms with Crippen molar-refractivity contribution in [3.05, 3.63) is 94.7 Å². The van der Waals surface area contributed by atoms with Crippen molar-refractivity contribution in [2.24, 2.45) is 5.92 Å². The van der Waals surface area contributed by atoms with E-state index in [0.717, 1.165) is 16.6 Å². The highest BCUT2D eigenvalue weighted by Crippen LogP contribution is 2.30.